The van der Waals surface area contributed by atoms with E-state index in [-0.39, 0.29) is 18.5 Å². The van der Waals surface area contributed by atoms with Crippen molar-refractivity contribution in [2.75, 3.05) is 6.54 Å². The number of guanidine groups is 1. The van der Waals surface area contributed by atoms with Crippen LogP contribution in [0.5, 0.6) is 5.88 Å². The Balaban J connectivity index is 1.18. The minimum absolute atomic E-state index is 0.0492. The number of allylic oxidation sites excluding steroid dienone is 1. The molecule has 214 valence electrons. The van der Waals surface area contributed by atoms with Crippen molar-refractivity contribution < 1.29 is 9.53 Å². The summed E-state index contributed by atoms with van der Waals surface area (Å²) in [5.41, 5.74) is 7.07. The molecular formula is C31H33N9O2. The van der Waals surface area contributed by atoms with Gasteiger partial charge in [-0.05, 0) is 48.7 Å². The third-order valence-electron chi connectivity index (χ3n) is 7.61. The van der Waals surface area contributed by atoms with Gasteiger partial charge in [0.2, 0.25) is 17.7 Å². The number of carbonyl (C=O) groups is 1. The van der Waals surface area contributed by atoms with E-state index in [0.29, 0.717) is 38.0 Å². The number of aliphatic imine (C=N–C) groups is 2. The number of aromatic amines is 1. The average Bonchev–Trinajstić information content (AvgIpc) is 3.76. The molecular weight excluding hydrogens is 530 g/mol. The van der Waals surface area contributed by atoms with Crippen LogP contribution in [-0.4, -0.2) is 61.3 Å². The van der Waals surface area contributed by atoms with Gasteiger partial charge in [-0.15, -0.1) is 10.2 Å². The quantitative estimate of drug-likeness (QED) is 0.250. The van der Waals surface area contributed by atoms with E-state index in [0.717, 1.165) is 40.9 Å². The molecule has 3 heterocycles. The Kier molecular flexibility index (Phi) is 7.89. The van der Waals surface area contributed by atoms with Gasteiger partial charge in [0.05, 0.1) is 17.8 Å². The zero-order valence-electron chi connectivity index (χ0n) is 23.5. The van der Waals surface area contributed by atoms with Crippen LogP contribution in [0.4, 0.5) is 0 Å². The second-order valence-corrected chi connectivity index (χ2v) is 10.6. The third kappa shape index (κ3) is 6.14. The van der Waals surface area contributed by atoms with Crippen molar-refractivity contribution in [3.63, 3.8) is 0 Å². The molecule has 0 unspecified atom stereocenters. The zero-order chi connectivity index (χ0) is 28.9. The number of carbonyl (C=O) groups excluding carboxylic acids is 1. The van der Waals surface area contributed by atoms with Gasteiger partial charge in [-0.2, -0.15) is 0 Å². The van der Waals surface area contributed by atoms with Crippen LogP contribution >= 0.6 is 0 Å². The molecule has 0 atom stereocenters. The lowest BCUT2D eigenvalue weighted by molar-refractivity contribution is -0.133. The van der Waals surface area contributed by atoms with E-state index in [1.54, 1.807) is 15.8 Å². The summed E-state index contributed by atoms with van der Waals surface area (Å²) in [5.74, 6) is 0.839. The first-order chi connectivity index (χ1) is 20.6. The molecule has 42 heavy (non-hydrogen) atoms. The molecule has 2 aromatic heterocycles. The largest absolute Gasteiger partial charge is 0.471 e. The number of fused-ring (bicyclic) bond motifs is 2. The van der Waals surface area contributed by atoms with Crippen molar-refractivity contribution in [1.82, 2.24) is 35.4 Å². The Hall–Kier alpha value is -5.06. The van der Waals surface area contributed by atoms with Gasteiger partial charge in [0, 0.05) is 31.4 Å². The molecule has 4 aromatic rings. The van der Waals surface area contributed by atoms with E-state index in [9.17, 15) is 4.79 Å². The topological polar surface area (TPSA) is 126 Å². The van der Waals surface area contributed by atoms with Crippen molar-refractivity contribution >= 4 is 24.2 Å². The summed E-state index contributed by atoms with van der Waals surface area (Å²) in [6.07, 6.45) is 6.09. The Morgan fingerprint density at radius 3 is 2.69 bits per heavy atom. The number of ether oxygens (including phenoxy) is 1. The maximum Gasteiger partial charge on any atom is 0.244 e. The van der Waals surface area contributed by atoms with Crippen LogP contribution in [0.25, 0.3) is 5.57 Å². The molecule has 11 nitrogen and oxygen atoms in total. The number of nitrogens with one attached hydrogen (secondary N) is 2. The van der Waals surface area contributed by atoms with E-state index in [1.165, 1.54) is 11.1 Å². The fourth-order valence-corrected chi connectivity index (χ4v) is 5.34. The Morgan fingerprint density at radius 2 is 1.93 bits per heavy atom. The average molecular weight is 564 g/mol. The summed E-state index contributed by atoms with van der Waals surface area (Å²) in [6, 6.07) is 18.6. The van der Waals surface area contributed by atoms with E-state index < -0.39 is 0 Å². The van der Waals surface area contributed by atoms with Gasteiger partial charge in [0.1, 0.15) is 18.8 Å². The minimum Gasteiger partial charge on any atom is -0.471 e. The van der Waals surface area contributed by atoms with Crippen molar-refractivity contribution in [1.29, 1.82) is 0 Å². The van der Waals surface area contributed by atoms with Gasteiger partial charge in [-0.1, -0.05) is 59.8 Å². The third-order valence-corrected chi connectivity index (χ3v) is 7.61. The molecule has 6 rings (SSSR count). The minimum atomic E-state index is -0.0492. The van der Waals surface area contributed by atoms with Crippen LogP contribution in [0.2, 0.25) is 0 Å². The van der Waals surface area contributed by atoms with Crippen molar-refractivity contribution in [2.45, 2.75) is 51.9 Å². The number of amides is 1. The van der Waals surface area contributed by atoms with Gasteiger partial charge in [0.15, 0.2) is 0 Å². The second kappa shape index (κ2) is 12.2. The maximum absolute atomic E-state index is 13.2. The number of rotatable bonds is 8. The molecule has 0 spiro atoms. The SMILES string of the molecule is C=N/C(=N\C=C(/C)c1cn(CC(=O)N2CCc3[nH]nnc3C2)nc1OCc1ccccc1)NC1Cc2ccccc2C1. The lowest BCUT2D eigenvalue weighted by atomic mass is 10.1. The molecule has 2 N–H and O–H groups in total. The highest BCUT2D eigenvalue weighted by molar-refractivity contribution is 5.86. The lowest BCUT2D eigenvalue weighted by Gasteiger charge is -2.25. The first-order valence-corrected chi connectivity index (χ1v) is 14.0. The zero-order valence-corrected chi connectivity index (χ0v) is 23.5. The van der Waals surface area contributed by atoms with E-state index in [2.05, 4.69) is 66.8 Å². The highest BCUT2D eigenvalue weighted by atomic mass is 16.5. The molecule has 2 aliphatic rings. The highest BCUT2D eigenvalue weighted by Gasteiger charge is 2.25. The molecule has 0 bridgehead atoms. The highest BCUT2D eigenvalue weighted by Crippen LogP contribution is 2.26. The smallest absolute Gasteiger partial charge is 0.244 e. The molecule has 1 aliphatic heterocycles. The molecule has 11 heteroatoms. The number of aromatic nitrogens is 5. The lowest BCUT2D eigenvalue weighted by Crippen LogP contribution is -2.38. The maximum atomic E-state index is 13.2. The molecule has 2 aromatic carbocycles. The summed E-state index contributed by atoms with van der Waals surface area (Å²) in [7, 11) is 0. The van der Waals surface area contributed by atoms with E-state index in [1.807, 2.05) is 43.5 Å². The standard InChI is InChI=1S/C31H33N9O2/c1-21(16-33-31(32-2)34-25-14-23-10-6-7-11-24(23)15-25)26-17-40(37-30(26)42-20-22-8-4-3-5-9-22)19-29(41)39-13-12-27-28(18-39)36-38-35-27/h3-11,16-17,25H,2,12-15,18-20H2,1H3,(H,33,34)(H,35,36,38)/b21-16+. The predicted octanol–water partition coefficient (Wildman–Crippen LogP) is 3.34. The van der Waals surface area contributed by atoms with Crippen LogP contribution in [0.1, 0.15) is 40.6 Å². The molecule has 1 aliphatic carbocycles. The summed E-state index contributed by atoms with van der Waals surface area (Å²) in [6.45, 7) is 7.10. The van der Waals surface area contributed by atoms with Crippen LogP contribution < -0.4 is 10.1 Å². The van der Waals surface area contributed by atoms with Gasteiger partial charge in [-0.3, -0.25) is 14.6 Å². The summed E-state index contributed by atoms with van der Waals surface area (Å²) < 4.78 is 7.77. The van der Waals surface area contributed by atoms with E-state index in [4.69, 9.17) is 4.74 Å². The van der Waals surface area contributed by atoms with Gasteiger partial charge in [-0.25, -0.2) is 9.98 Å². The van der Waals surface area contributed by atoms with Crippen LogP contribution in [0, 0.1) is 0 Å². The van der Waals surface area contributed by atoms with Crippen LogP contribution in [0.15, 0.2) is 77.0 Å². The number of nitrogens with zero attached hydrogens (tertiary/aromatic N) is 7. The van der Waals surface area contributed by atoms with Gasteiger partial charge >= 0.3 is 0 Å². The number of benzene rings is 2. The monoisotopic (exact) mass is 563 g/mol. The first kappa shape index (κ1) is 27.1. The van der Waals surface area contributed by atoms with Gasteiger partial charge < -0.3 is 15.0 Å². The summed E-state index contributed by atoms with van der Waals surface area (Å²) in [4.78, 5) is 23.7. The van der Waals surface area contributed by atoms with E-state index >= 15 is 0 Å². The number of hydrogen-bond donors (Lipinski definition) is 2. The van der Waals surface area contributed by atoms with Crippen LogP contribution in [-0.2, 0) is 43.8 Å². The number of hydrogen-bond acceptors (Lipinski definition) is 6. The fourth-order valence-electron chi connectivity index (χ4n) is 5.34. The van der Waals surface area contributed by atoms with Crippen molar-refractivity contribution in [3.8, 4) is 5.88 Å². The van der Waals surface area contributed by atoms with Crippen molar-refractivity contribution in [3.05, 3.63) is 101 Å². The number of H-pyrrole nitrogens is 1. The summed E-state index contributed by atoms with van der Waals surface area (Å²) in [5, 5.41) is 18.9. The molecule has 0 saturated heterocycles. The Labute approximate surface area is 244 Å². The van der Waals surface area contributed by atoms with Crippen molar-refractivity contribution in [2.24, 2.45) is 9.98 Å². The summed E-state index contributed by atoms with van der Waals surface area (Å²) >= 11 is 0. The molecule has 0 fully saturated rings. The normalized spacial score (nSPS) is 15.3. The molecule has 0 radical (unpaired) electrons. The predicted molar refractivity (Wildman–Crippen MR) is 160 cm³/mol. The Bertz CT molecular complexity index is 1610. The molecule has 0 saturated carbocycles. The Morgan fingerprint density at radius 1 is 1.17 bits per heavy atom. The fraction of sp³-hybridized carbons (Fsp3) is 0.290. The second-order valence-electron chi connectivity index (χ2n) is 10.6. The van der Waals surface area contributed by atoms with Gasteiger partial charge in [0.25, 0.3) is 0 Å². The van der Waals surface area contributed by atoms with Crippen LogP contribution in [0.3, 0.4) is 0 Å². The molecule has 1 amide bonds. The first-order valence-electron chi connectivity index (χ1n) is 14.0.